The minimum absolute atomic E-state index is 0.123. The van der Waals surface area contributed by atoms with Crippen molar-refractivity contribution in [2.75, 3.05) is 39.0 Å². The molecule has 0 unspecified atom stereocenters. The highest BCUT2D eigenvalue weighted by Crippen LogP contribution is 2.51. The fourth-order valence-electron chi connectivity index (χ4n) is 7.17. The van der Waals surface area contributed by atoms with Gasteiger partial charge in [-0.15, -0.1) is 11.3 Å². The minimum Gasteiger partial charge on any atom is -0.354 e. The second kappa shape index (κ2) is 10.4. The Kier molecular flexibility index (Phi) is 7.04. The molecule has 2 aliphatic heterocycles. The van der Waals surface area contributed by atoms with Crippen LogP contribution in [0.2, 0.25) is 0 Å². The van der Waals surface area contributed by atoms with Crippen molar-refractivity contribution in [2.45, 2.75) is 77.2 Å². The number of carbonyl (C=O) groups excluding carboxylic acids is 1. The van der Waals surface area contributed by atoms with Crippen molar-refractivity contribution in [2.24, 2.45) is 10.4 Å². The van der Waals surface area contributed by atoms with Crippen LogP contribution in [0, 0.1) is 12.3 Å². The number of fused-ring (bicyclic) bond motifs is 1. The number of pyridine rings is 1. The van der Waals surface area contributed by atoms with Crippen molar-refractivity contribution >= 4 is 39.6 Å². The van der Waals surface area contributed by atoms with Gasteiger partial charge in [-0.05, 0) is 94.1 Å². The quantitative estimate of drug-likeness (QED) is 0.278. The molecule has 3 aliphatic rings. The molecule has 2 N–H and O–H groups in total. The molecule has 1 saturated carbocycles. The highest BCUT2D eigenvalue weighted by Gasteiger charge is 2.49. The number of aliphatic imine (C=N–C) groups is 1. The predicted octanol–water partition coefficient (Wildman–Crippen LogP) is 6.37. The van der Waals surface area contributed by atoms with Gasteiger partial charge in [0.2, 0.25) is 5.91 Å². The van der Waals surface area contributed by atoms with Crippen LogP contribution in [0.4, 0.5) is 5.82 Å². The molecule has 1 aliphatic carbocycles. The normalized spacial score (nSPS) is 22.0. The molecule has 208 valence electrons. The average Bonchev–Trinajstić information content (AvgIpc) is 3.60. The van der Waals surface area contributed by atoms with Crippen molar-refractivity contribution < 1.29 is 4.79 Å². The highest BCUT2D eigenvalue weighted by atomic mass is 32.1. The molecule has 2 saturated heterocycles. The van der Waals surface area contributed by atoms with Crippen LogP contribution in [0.5, 0.6) is 0 Å². The molecule has 3 aromatic heterocycles. The SMILES string of the molecule is CN=CNc1ncc(-c2[nH]c3cc(C4CCC5(CC4)CN(C(=O)[C@H]4CCCN4C)C5)sc3c2C(C)C)cc1C. The fraction of sp³-hybridized carbons (Fsp3) is 0.581. The molecule has 0 radical (unpaired) electrons. The summed E-state index contributed by atoms with van der Waals surface area (Å²) in [5.41, 5.74) is 6.45. The molecule has 1 atom stereocenters. The number of hydrogen-bond donors (Lipinski definition) is 2. The van der Waals surface area contributed by atoms with E-state index in [2.05, 4.69) is 70.0 Å². The van der Waals surface area contributed by atoms with E-state index in [0.29, 0.717) is 23.2 Å². The maximum absolute atomic E-state index is 13.0. The van der Waals surface area contributed by atoms with Gasteiger partial charge in [0.15, 0.2) is 0 Å². The topological polar surface area (TPSA) is 76.6 Å². The summed E-state index contributed by atoms with van der Waals surface area (Å²) in [6.07, 6.45) is 10.8. The fourth-order valence-corrected chi connectivity index (χ4v) is 8.65. The first kappa shape index (κ1) is 26.5. The summed E-state index contributed by atoms with van der Waals surface area (Å²) in [4.78, 5) is 31.3. The zero-order valence-corrected chi connectivity index (χ0v) is 24.8. The number of amides is 1. The number of aryl methyl sites for hydroxylation is 1. The zero-order valence-electron chi connectivity index (χ0n) is 24.0. The molecular formula is C31H42N6OS. The van der Waals surface area contributed by atoms with Gasteiger partial charge in [0.05, 0.1) is 28.3 Å². The monoisotopic (exact) mass is 546 g/mol. The van der Waals surface area contributed by atoms with E-state index in [1.54, 1.807) is 13.4 Å². The van der Waals surface area contributed by atoms with Crippen LogP contribution in [-0.4, -0.2) is 71.8 Å². The van der Waals surface area contributed by atoms with E-state index in [4.69, 9.17) is 0 Å². The van der Waals surface area contributed by atoms with Crippen molar-refractivity contribution in [1.82, 2.24) is 19.8 Å². The zero-order chi connectivity index (χ0) is 27.3. The maximum atomic E-state index is 13.0. The largest absolute Gasteiger partial charge is 0.354 e. The molecule has 7 nitrogen and oxygen atoms in total. The Hall–Kier alpha value is -2.71. The van der Waals surface area contributed by atoms with Gasteiger partial charge >= 0.3 is 0 Å². The molecule has 5 heterocycles. The highest BCUT2D eigenvalue weighted by molar-refractivity contribution is 7.19. The molecule has 3 aromatic rings. The number of aromatic nitrogens is 2. The summed E-state index contributed by atoms with van der Waals surface area (Å²) < 4.78 is 1.40. The van der Waals surface area contributed by atoms with E-state index in [0.717, 1.165) is 49.4 Å². The summed E-state index contributed by atoms with van der Waals surface area (Å²) in [5.74, 6) is 2.26. The molecule has 1 amide bonds. The van der Waals surface area contributed by atoms with Crippen molar-refractivity contribution in [3.05, 3.63) is 34.3 Å². The van der Waals surface area contributed by atoms with E-state index < -0.39 is 0 Å². The number of likely N-dealkylation sites (N-methyl/N-ethyl adjacent to an activating group) is 1. The number of thiophene rings is 1. The van der Waals surface area contributed by atoms with Crippen molar-refractivity contribution in [1.29, 1.82) is 0 Å². The van der Waals surface area contributed by atoms with Gasteiger partial charge in [-0.3, -0.25) is 14.7 Å². The van der Waals surface area contributed by atoms with Crippen molar-refractivity contribution in [3.8, 4) is 11.3 Å². The van der Waals surface area contributed by atoms with Crippen LogP contribution < -0.4 is 5.32 Å². The van der Waals surface area contributed by atoms with Gasteiger partial charge in [0, 0.05) is 42.2 Å². The van der Waals surface area contributed by atoms with Crippen LogP contribution >= 0.6 is 11.3 Å². The third-order valence-electron chi connectivity index (χ3n) is 9.42. The Morgan fingerprint density at radius 2 is 2.03 bits per heavy atom. The first-order chi connectivity index (χ1) is 18.8. The standard InChI is InChI=1S/C31H42N6OS/c1-19(2)26-27(22-13-20(3)29(33-15-22)34-18-32-4)35-23-14-25(39-28(23)26)21-8-10-31(11-9-21)16-37(17-31)30(38)24-7-6-12-36(24)5/h13-15,18-19,21,24,35H,6-12,16-17H2,1-5H3,(H,32,33,34)/t24-/m1/s1. The lowest BCUT2D eigenvalue weighted by Crippen LogP contribution is -2.62. The number of nitrogens with zero attached hydrogens (tertiary/aromatic N) is 4. The summed E-state index contributed by atoms with van der Waals surface area (Å²) in [5, 5.41) is 3.15. The van der Waals surface area contributed by atoms with Gasteiger partial charge in [-0.1, -0.05) is 13.8 Å². The van der Waals surface area contributed by atoms with Gasteiger partial charge in [-0.25, -0.2) is 4.98 Å². The summed E-state index contributed by atoms with van der Waals surface area (Å²) in [6, 6.07) is 4.75. The molecule has 3 fully saturated rings. The molecular weight excluding hydrogens is 504 g/mol. The van der Waals surface area contributed by atoms with Crippen LogP contribution in [0.15, 0.2) is 23.3 Å². The summed E-state index contributed by atoms with van der Waals surface area (Å²) >= 11 is 1.99. The van der Waals surface area contributed by atoms with E-state index in [1.165, 1.54) is 52.0 Å². The third kappa shape index (κ3) is 4.80. The van der Waals surface area contributed by atoms with Crippen LogP contribution in [0.25, 0.3) is 21.5 Å². The Morgan fingerprint density at radius 1 is 1.26 bits per heavy atom. The number of rotatable bonds is 6. The Labute approximate surface area is 236 Å². The second-order valence-corrected chi connectivity index (χ2v) is 13.6. The molecule has 8 heteroatoms. The lowest BCUT2D eigenvalue weighted by molar-refractivity contribution is -0.150. The van der Waals surface area contributed by atoms with Crippen LogP contribution in [0.1, 0.15) is 80.2 Å². The molecule has 0 aromatic carbocycles. The molecule has 6 rings (SSSR count). The molecule has 1 spiro atoms. The van der Waals surface area contributed by atoms with Gasteiger partial charge in [0.25, 0.3) is 0 Å². The third-order valence-corrected chi connectivity index (χ3v) is 10.7. The Bertz CT molecular complexity index is 1390. The van der Waals surface area contributed by atoms with Gasteiger partial charge in [-0.2, -0.15) is 0 Å². The number of aromatic amines is 1. The van der Waals surface area contributed by atoms with Gasteiger partial charge < -0.3 is 15.2 Å². The number of anilines is 1. The van der Waals surface area contributed by atoms with E-state index >= 15 is 0 Å². The number of likely N-dealkylation sites (tertiary alicyclic amines) is 2. The van der Waals surface area contributed by atoms with E-state index in [1.807, 2.05) is 17.5 Å². The first-order valence-electron chi connectivity index (χ1n) is 14.6. The number of nitrogens with one attached hydrogen (secondary N) is 2. The smallest absolute Gasteiger partial charge is 0.239 e. The maximum Gasteiger partial charge on any atom is 0.239 e. The summed E-state index contributed by atoms with van der Waals surface area (Å²) in [6.45, 7) is 9.67. The minimum atomic E-state index is 0.123. The number of hydrogen-bond acceptors (Lipinski definition) is 5. The van der Waals surface area contributed by atoms with Crippen LogP contribution in [0.3, 0.4) is 0 Å². The van der Waals surface area contributed by atoms with Crippen molar-refractivity contribution in [3.63, 3.8) is 0 Å². The van der Waals surface area contributed by atoms with E-state index in [9.17, 15) is 4.79 Å². The number of H-pyrrole nitrogens is 1. The molecule has 39 heavy (non-hydrogen) atoms. The van der Waals surface area contributed by atoms with Crippen LogP contribution in [-0.2, 0) is 4.79 Å². The second-order valence-electron chi connectivity index (χ2n) is 12.5. The lowest BCUT2D eigenvalue weighted by atomic mass is 9.65. The lowest BCUT2D eigenvalue weighted by Gasteiger charge is -2.54. The predicted molar refractivity (Wildman–Crippen MR) is 162 cm³/mol. The average molecular weight is 547 g/mol. The number of carbonyl (C=O) groups is 1. The van der Waals surface area contributed by atoms with E-state index in [-0.39, 0.29) is 6.04 Å². The molecule has 0 bridgehead atoms. The van der Waals surface area contributed by atoms with Gasteiger partial charge in [0.1, 0.15) is 5.82 Å². The Morgan fingerprint density at radius 3 is 2.67 bits per heavy atom. The summed E-state index contributed by atoms with van der Waals surface area (Å²) in [7, 11) is 3.85. The first-order valence-corrected chi connectivity index (χ1v) is 15.4. The Balaban J connectivity index is 1.15.